The summed E-state index contributed by atoms with van der Waals surface area (Å²) in [5.74, 6) is -1.37. The molecule has 0 atom stereocenters. The SMILES string of the molecule is COC(=O)Cc1ccc(F)c(Br)c1[N+](=O)[O-]. The van der Waals surface area contributed by atoms with Gasteiger partial charge in [0.05, 0.1) is 18.5 Å². The molecule has 0 saturated heterocycles. The molecule has 0 aliphatic heterocycles. The molecule has 1 rings (SSSR count). The number of nitrogens with zero attached hydrogens (tertiary/aromatic N) is 1. The Hall–Kier alpha value is -1.50. The van der Waals surface area contributed by atoms with Crippen molar-refractivity contribution in [3.05, 3.63) is 38.1 Å². The Labute approximate surface area is 98.5 Å². The zero-order valence-electron chi connectivity index (χ0n) is 8.20. The van der Waals surface area contributed by atoms with E-state index in [1.165, 1.54) is 13.2 Å². The Morgan fingerprint density at radius 2 is 2.25 bits per heavy atom. The van der Waals surface area contributed by atoms with Gasteiger partial charge in [-0.2, -0.15) is 0 Å². The summed E-state index contributed by atoms with van der Waals surface area (Å²) >= 11 is 2.77. The summed E-state index contributed by atoms with van der Waals surface area (Å²) in [5.41, 5.74) is -0.351. The van der Waals surface area contributed by atoms with Crippen LogP contribution in [0.1, 0.15) is 5.56 Å². The second kappa shape index (κ2) is 5.02. The summed E-state index contributed by atoms with van der Waals surface area (Å²) in [6.45, 7) is 0. The molecule has 0 N–H and O–H groups in total. The molecule has 0 radical (unpaired) electrons. The molecule has 0 aliphatic carbocycles. The molecule has 0 aromatic heterocycles. The lowest BCUT2D eigenvalue weighted by Gasteiger charge is -2.04. The third kappa shape index (κ3) is 2.54. The molecular weight excluding hydrogens is 285 g/mol. The Kier molecular flexibility index (Phi) is 3.94. The topological polar surface area (TPSA) is 69.4 Å². The lowest BCUT2D eigenvalue weighted by atomic mass is 10.1. The van der Waals surface area contributed by atoms with E-state index in [9.17, 15) is 19.3 Å². The van der Waals surface area contributed by atoms with Crippen molar-refractivity contribution in [1.29, 1.82) is 0 Å². The van der Waals surface area contributed by atoms with Crippen molar-refractivity contribution in [1.82, 2.24) is 0 Å². The maximum atomic E-state index is 13.1. The van der Waals surface area contributed by atoms with Gasteiger partial charge in [0.25, 0.3) is 5.69 Å². The summed E-state index contributed by atoms with van der Waals surface area (Å²) in [7, 11) is 1.17. The highest BCUT2D eigenvalue weighted by Gasteiger charge is 2.23. The van der Waals surface area contributed by atoms with Crippen LogP contribution in [0.5, 0.6) is 0 Å². The van der Waals surface area contributed by atoms with Crippen molar-refractivity contribution in [3.63, 3.8) is 0 Å². The minimum atomic E-state index is -0.750. The summed E-state index contributed by atoms with van der Waals surface area (Å²) in [4.78, 5) is 21.0. The van der Waals surface area contributed by atoms with Crippen LogP contribution in [0.3, 0.4) is 0 Å². The molecule has 0 unspecified atom stereocenters. The smallest absolute Gasteiger partial charge is 0.310 e. The molecule has 0 fully saturated rings. The van der Waals surface area contributed by atoms with E-state index in [1.54, 1.807) is 0 Å². The third-order valence-electron chi connectivity index (χ3n) is 1.90. The fraction of sp³-hybridized carbons (Fsp3) is 0.222. The minimum Gasteiger partial charge on any atom is -0.469 e. The van der Waals surface area contributed by atoms with Gasteiger partial charge in [0.1, 0.15) is 10.3 Å². The van der Waals surface area contributed by atoms with Crippen LogP contribution >= 0.6 is 15.9 Å². The lowest BCUT2D eigenvalue weighted by molar-refractivity contribution is -0.386. The second-order valence-corrected chi connectivity index (χ2v) is 3.67. The van der Waals surface area contributed by atoms with Crippen LogP contribution < -0.4 is 0 Å². The zero-order valence-corrected chi connectivity index (χ0v) is 9.78. The van der Waals surface area contributed by atoms with Crippen molar-refractivity contribution < 1.29 is 18.8 Å². The molecule has 0 heterocycles. The highest BCUT2D eigenvalue weighted by molar-refractivity contribution is 9.10. The number of nitro groups is 1. The van der Waals surface area contributed by atoms with E-state index >= 15 is 0 Å². The maximum Gasteiger partial charge on any atom is 0.310 e. The molecular formula is C9H7BrFNO4. The summed E-state index contributed by atoms with van der Waals surface area (Å²) in [6, 6.07) is 2.24. The quantitative estimate of drug-likeness (QED) is 0.486. The summed E-state index contributed by atoms with van der Waals surface area (Å²) in [5, 5.41) is 10.7. The first-order valence-electron chi connectivity index (χ1n) is 4.15. The van der Waals surface area contributed by atoms with E-state index in [0.29, 0.717) is 0 Å². The molecule has 0 bridgehead atoms. The van der Waals surface area contributed by atoms with Gasteiger partial charge in [0.15, 0.2) is 0 Å². The summed E-state index contributed by atoms with van der Waals surface area (Å²) < 4.78 is 17.2. The number of carbonyl (C=O) groups excluding carboxylic acids is 1. The van der Waals surface area contributed by atoms with Gasteiger partial charge in [-0.05, 0) is 28.1 Å². The molecule has 86 valence electrons. The highest BCUT2D eigenvalue weighted by Crippen LogP contribution is 2.31. The predicted molar refractivity (Wildman–Crippen MR) is 56.5 cm³/mol. The molecule has 7 heteroatoms. The lowest BCUT2D eigenvalue weighted by Crippen LogP contribution is -2.07. The Morgan fingerprint density at radius 3 is 2.75 bits per heavy atom. The average molecular weight is 292 g/mol. The monoisotopic (exact) mass is 291 g/mol. The van der Waals surface area contributed by atoms with Gasteiger partial charge < -0.3 is 4.74 Å². The van der Waals surface area contributed by atoms with Crippen LogP contribution in [0.15, 0.2) is 16.6 Å². The Bertz CT molecular complexity index is 449. The fourth-order valence-corrected chi connectivity index (χ4v) is 1.68. The number of rotatable bonds is 3. The standard InChI is InChI=1S/C9H7BrFNO4/c1-16-7(13)4-5-2-3-6(11)8(10)9(5)12(14)15/h2-3H,4H2,1H3. The van der Waals surface area contributed by atoms with E-state index in [0.717, 1.165) is 6.07 Å². The van der Waals surface area contributed by atoms with E-state index in [4.69, 9.17) is 0 Å². The van der Waals surface area contributed by atoms with Crippen molar-refractivity contribution >= 4 is 27.6 Å². The van der Waals surface area contributed by atoms with E-state index in [2.05, 4.69) is 20.7 Å². The van der Waals surface area contributed by atoms with E-state index in [-0.39, 0.29) is 16.5 Å². The van der Waals surface area contributed by atoms with Gasteiger partial charge in [-0.25, -0.2) is 4.39 Å². The number of halogens is 2. The minimum absolute atomic E-state index is 0.102. The maximum absolute atomic E-state index is 13.1. The van der Waals surface area contributed by atoms with Crippen molar-refractivity contribution in [2.24, 2.45) is 0 Å². The van der Waals surface area contributed by atoms with E-state index < -0.39 is 22.4 Å². The molecule has 1 aromatic rings. The number of esters is 1. The zero-order chi connectivity index (χ0) is 12.3. The van der Waals surface area contributed by atoms with Crippen LogP contribution in [0.25, 0.3) is 0 Å². The van der Waals surface area contributed by atoms with Crippen LogP contribution in [-0.4, -0.2) is 18.0 Å². The van der Waals surface area contributed by atoms with Gasteiger partial charge in [-0.1, -0.05) is 0 Å². The molecule has 5 nitrogen and oxygen atoms in total. The molecule has 0 amide bonds. The molecule has 1 aromatic carbocycles. The second-order valence-electron chi connectivity index (χ2n) is 2.88. The highest BCUT2D eigenvalue weighted by atomic mass is 79.9. The normalized spacial score (nSPS) is 9.94. The van der Waals surface area contributed by atoms with Crippen LogP contribution in [0.2, 0.25) is 0 Å². The molecule has 0 spiro atoms. The Balaban J connectivity index is 3.23. The fourth-order valence-electron chi connectivity index (χ4n) is 1.15. The number of carbonyl (C=O) groups is 1. The number of hydrogen-bond acceptors (Lipinski definition) is 4. The largest absolute Gasteiger partial charge is 0.469 e. The average Bonchev–Trinajstić information content (AvgIpc) is 2.23. The molecule has 0 saturated carbocycles. The first-order valence-corrected chi connectivity index (χ1v) is 4.94. The van der Waals surface area contributed by atoms with Crippen molar-refractivity contribution in [2.75, 3.05) is 7.11 Å². The first-order chi connectivity index (χ1) is 7.47. The molecule has 16 heavy (non-hydrogen) atoms. The van der Waals surface area contributed by atoms with Gasteiger partial charge >= 0.3 is 5.97 Å². The summed E-state index contributed by atoms with van der Waals surface area (Å²) in [6.07, 6.45) is -0.272. The number of methoxy groups -OCH3 is 1. The number of nitro benzene ring substituents is 1. The van der Waals surface area contributed by atoms with Crippen molar-refractivity contribution in [3.8, 4) is 0 Å². The van der Waals surface area contributed by atoms with Gasteiger partial charge in [-0.15, -0.1) is 0 Å². The number of hydrogen-bond donors (Lipinski definition) is 0. The van der Waals surface area contributed by atoms with Gasteiger partial charge in [-0.3, -0.25) is 14.9 Å². The molecule has 0 aliphatic rings. The van der Waals surface area contributed by atoms with E-state index in [1.807, 2.05) is 0 Å². The van der Waals surface area contributed by atoms with Crippen LogP contribution in [-0.2, 0) is 16.0 Å². The number of ether oxygens (including phenoxy) is 1. The van der Waals surface area contributed by atoms with Crippen molar-refractivity contribution in [2.45, 2.75) is 6.42 Å². The predicted octanol–water partition coefficient (Wildman–Crippen LogP) is 2.21. The first kappa shape index (κ1) is 12.6. The third-order valence-corrected chi connectivity index (χ3v) is 2.65. The number of benzene rings is 1. The van der Waals surface area contributed by atoms with Gasteiger partial charge in [0, 0.05) is 5.56 Å². The Morgan fingerprint density at radius 1 is 1.62 bits per heavy atom. The van der Waals surface area contributed by atoms with Crippen LogP contribution in [0, 0.1) is 15.9 Å². The van der Waals surface area contributed by atoms with Crippen LogP contribution in [0.4, 0.5) is 10.1 Å². The van der Waals surface area contributed by atoms with Gasteiger partial charge in [0.2, 0.25) is 0 Å².